The molecule has 0 spiro atoms. The second-order valence-corrected chi connectivity index (χ2v) is 9.07. The Morgan fingerprint density at radius 2 is 1.93 bits per heavy atom. The summed E-state index contributed by atoms with van der Waals surface area (Å²) in [6.45, 7) is 4.76. The molecule has 3 aliphatic rings. The Morgan fingerprint density at radius 3 is 2.61 bits per heavy atom. The molecule has 0 unspecified atom stereocenters. The number of piperidine rings is 1. The quantitative estimate of drug-likeness (QED) is 0.761. The Hall–Kier alpha value is -1.73. The van der Waals surface area contributed by atoms with Crippen LogP contribution in [-0.2, 0) is 23.7 Å². The van der Waals surface area contributed by atoms with Gasteiger partial charge in [0.2, 0.25) is 5.89 Å². The van der Waals surface area contributed by atoms with Crippen molar-refractivity contribution in [1.29, 1.82) is 0 Å². The largest absolute Gasteiger partial charge is 0.381 e. The molecule has 7 nitrogen and oxygen atoms in total. The molecule has 152 valence electrons. The second kappa shape index (κ2) is 7.59. The normalized spacial score (nSPS) is 23.9. The van der Waals surface area contributed by atoms with Crippen LogP contribution in [0.4, 0.5) is 0 Å². The van der Waals surface area contributed by atoms with Crippen LogP contribution in [0.25, 0.3) is 0 Å². The molecule has 1 aliphatic carbocycles. The molecule has 0 aromatic carbocycles. The molecule has 2 saturated heterocycles. The molecule has 2 aromatic heterocycles. The standard InChI is InChI=1S/C21H31N5O2/c1-25-14-17(13-22-25)15-26-8-6-21(7-9-26,12-16-2-3-16)20-23-19(28-24-20)18-4-10-27-11-5-18/h13-14,16,18H,2-12,15H2,1H3. The summed E-state index contributed by atoms with van der Waals surface area (Å²) in [5, 5.41) is 8.82. The first-order valence-corrected chi connectivity index (χ1v) is 10.8. The molecule has 7 heteroatoms. The lowest BCUT2D eigenvalue weighted by atomic mass is 9.73. The van der Waals surface area contributed by atoms with Gasteiger partial charge in [-0.1, -0.05) is 18.0 Å². The van der Waals surface area contributed by atoms with Crippen molar-refractivity contribution in [2.45, 2.75) is 62.8 Å². The van der Waals surface area contributed by atoms with Crippen LogP contribution in [0.5, 0.6) is 0 Å². The van der Waals surface area contributed by atoms with Gasteiger partial charge in [0.15, 0.2) is 5.82 Å². The molecule has 28 heavy (non-hydrogen) atoms. The van der Waals surface area contributed by atoms with E-state index in [9.17, 15) is 0 Å². The van der Waals surface area contributed by atoms with Crippen LogP contribution in [0.15, 0.2) is 16.9 Å². The van der Waals surface area contributed by atoms with Gasteiger partial charge in [-0.05, 0) is 51.1 Å². The van der Waals surface area contributed by atoms with Crippen molar-refractivity contribution < 1.29 is 9.26 Å². The van der Waals surface area contributed by atoms with Gasteiger partial charge in [0.05, 0.1) is 6.20 Å². The minimum absolute atomic E-state index is 0.0967. The van der Waals surface area contributed by atoms with Crippen LogP contribution in [-0.4, -0.2) is 51.1 Å². The number of ether oxygens (including phenoxy) is 1. The van der Waals surface area contributed by atoms with Gasteiger partial charge in [-0.25, -0.2) is 0 Å². The van der Waals surface area contributed by atoms with Crippen LogP contribution in [0.3, 0.4) is 0 Å². The first-order chi connectivity index (χ1) is 13.7. The van der Waals surface area contributed by atoms with E-state index in [1.54, 1.807) is 0 Å². The molecule has 3 fully saturated rings. The van der Waals surface area contributed by atoms with Gasteiger partial charge in [0, 0.05) is 49.9 Å². The molecule has 2 aromatic rings. The summed E-state index contributed by atoms with van der Waals surface area (Å²) in [7, 11) is 1.98. The third kappa shape index (κ3) is 3.87. The smallest absolute Gasteiger partial charge is 0.229 e. The number of aryl methyl sites for hydroxylation is 1. The number of aromatic nitrogens is 4. The van der Waals surface area contributed by atoms with Crippen molar-refractivity contribution in [3.05, 3.63) is 29.7 Å². The Morgan fingerprint density at radius 1 is 1.14 bits per heavy atom. The molecule has 5 rings (SSSR count). The van der Waals surface area contributed by atoms with Crippen molar-refractivity contribution in [3.8, 4) is 0 Å². The highest BCUT2D eigenvalue weighted by molar-refractivity contribution is 5.13. The number of hydrogen-bond acceptors (Lipinski definition) is 6. The Bertz CT molecular complexity index is 782. The first kappa shape index (κ1) is 18.3. The summed E-state index contributed by atoms with van der Waals surface area (Å²) in [6, 6.07) is 0. The van der Waals surface area contributed by atoms with E-state index in [0.717, 1.165) is 76.2 Å². The van der Waals surface area contributed by atoms with E-state index in [0.29, 0.717) is 5.92 Å². The summed E-state index contributed by atoms with van der Waals surface area (Å²) >= 11 is 0. The Labute approximate surface area is 166 Å². The fraction of sp³-hybridized carbons (Fsp3) is 0.762. The maximum absolute atomic E-state index is 5.77. The van der Waals surface area contributed by atoms with Crippen molar-refractivity contribution in [2.24, 2.45) is 13.0 Å². The van der Waals surface area contributed by atoms with Crippen LogP contribution < -0.4 is 0 Å². The minimum atomic E-state index is 0.0967. The Kier molecular flexibility index (Phi) is 4.97. The minimum Gasteiger partial charge on any atom is -0.381 e. The van der Waals surface area contributed by atoms with Crippen molar-refractivity contribution in [2.75, 3.05) is 26.3 Å². The summed E-state index contributed by atoms with van der Waals surface area (Å²) < 4.78 is 13.1. The topological polar surface area (TPSA) is 69.2 Å². The predicted molar refractivity (Wildman–Crippen MR) is 104 cm³/mol. The van der Waals surface area contributed by atoms with Gasteiger partial charge in [-0.3, -0.25) is 9.58 Å². The van der Waals surface area contributed by atoms with Crippen molar-refractivity contribution in [3.63, 3.8) is 0 Å². The van der Waals surface area contributed by atoms with Gasteiger partial charge in [0.25, 0.3) is 0 Å². The van der Waals surface area contributed by atoms with Crippen molar-refractivity contribution >= 4 is 0 Å². The van der Waals surface area contributed by atoms with Gasteiger partial charge in [0.1, 0.15) is 0 Å². The van der Waals surface area contributed by atoms with Gasteiger partial charge in [-0.2, -0.15) is 10.1 Å². The first-order valence-electron chi connectivity index (χ1n) is 10.8. The van der Waals surface area contributed by atoms with E-state index in [1.165, 1.54) is 24.8 Å². The highest BCUT2D eigenvalue weighted by Gasteiger charge is 2.44. The lowest BCUT2D eigenvalue weighted by Gasteiger charge is -2.40. The molecule has 0 amide bonds. The molecule has 0 N–H and O–H groups in total. The fourth-order valence-corrected chi connectivity index (χ4v) is 4.91. The highest BCUT2D eigenvalue weighted by atomic mass is 16.5. The molecular formula is C21H31N5O2. The summed E-state index contributed by atoms with van der Waals surface area (Å²) in [5.74, 6) is 3.04. The zero-order valence-corrected chi connectivity index (χ0v) is 16.8. The third-order valence-electron chi connectivity index (χ3n) is 6.84. The molecule has 2 aliphatic heterocycles. The van der Waals surface area contributed by atoms with Crippen LogP contribution >= 0.6 is 0 Å². The monoisotopic (exact) mass is 385 g/mol. The number of hydrogen-bond donors (Lipinski definition) is 0. The van der Waals surface area contributed by atoms with Crippen LogP contribution in [0.2, 0.25) is 0 Å². The average Bonchev–Trinajstić information content (AvgIpc) is 3.21. The average molecular weight is 386 g/mol. The van der Waals surface area contributed by atoms with Gasteiger partial charge < -0.3 is 9.26 Å². The lowest BCUT2D eigenvalue weighted by molar-refractivity contribution is 0.0778. The third-order valence-corrected chi connectivity index (χ3v) is 6.84. The van der Waals surface area contributed by atoms with E-state index in [2.05, 4.69) is 21.4 Å². The number of rotatable bonds is 6. The molecule has 4 heterocycles. The molecule has 0 atom stereocenters. The zero-order valence-electron chi connectivity index (χ0n) is 16.8. The summed E-state index contributed by atoms with van der Waals surface area (Å²) in [5.41, 5.74) is 1.39. The van der Waals surface area contributed by atoms with Crippen LogP contribution in [0.1, 0.15) is 68.1 Å². The number of likely N-dealkylation sites (tertiary alicyclic amines) is 1. The van der Waals surface area contributed by atoms with E-state index in [1.807, 2.05) is 17.9 Å². The van der Waals surface area contributed by atoms with E-state index in [4.69, 9.17) is 14.2 Å². The Balaban J connectivity index is 1.29. The van der Waals surface area contributed by atoms with Crippen molar-refractivity contribution in [1.82, 2.24) is 24.8 Å². The van der Waals surface area contributed by atoms with Gasteiger partial charge in [-0.15, -0.1) is 0 Å². The maximum atomic E-state index is 5.77. The zero-order chi connectivity index (χ0) is 19.0. The second-order valence-electron chi connectivity index (χ2n) is 9.07. The summed E-state index contributed by atoms with van der Waals surface area (Å²) in [4.78, 5) is 7.50. The SMILES string of the molecule is Cn1cc(CN2CCC(CC3CC3)(c3noc(C4CCOCC4)n3)CC2)cn1. The molecule has 1 saturated carbocycles. The number of nitrogens with zero attached hydrogens (tertiary/aromatic N) is 5. The maximum Gasteiger partial charge on any atom is 0.229 e. The predicted octanol–water partition coefficient (Wildman–Crippen LogP) is 3.03. The fourth-order valence-electron chi connectivity index (χ4n) is 4.91. The van der Waals surface area contributed by atoms with Gasteiger partial charge >= 0.3 is 0 Å². The highest BCUT2D eigenvalue weighted by Crippen LogP contribution is 2.47. The van der Waals surface area contributed by atoms with Crippen LogP contribution in [0, 0.1) is 5.92 Å². The van der Waals surface area contributed by atoms with E-state index in [-0.39, 0.29) is 5.41 Å². The summed E-state index contributed by atoms with van der Waals surface area (Å²) in [6.07, 6.45) is 12.3. The lowest BCUT2D eigenvalue weighted by Crippen LogP contribution is -2.43. The van der Waals surface area contributed by atoms with E-state index < -0.39 is 0 Å². The molecule has 0 bridgehead atoms. The molecule has 0 radical (unpaired) electrons. The van der Waals surface area contributed by atoms with E-state index >= 15 is 0 Å². The molecular weight excluding hydrogens is 354 g/mol.